The first-order chi connectivity index (χ1) is 6.24. The van der Waals surface area contributed by atoms with Gasteiger partial charge < -0.3 is 9.84 Å². The summed E-state index contributed by atoms with van der Waals surface area (Å²) in [7, 11) is 0. The quantitative estimate of drug-likeness (QED) is 0.714. The molecule has 1 aliphatic carbocycles. The standard InChI is InChI=1S/C11H22O2/c1-3-9(2)13-8-11(12)10-6-4-5-7-10/h9-12H,3-8H2,1-2H3. The average Bonchev–Trinajstić information content (AvgIpc) is 2.66. The molecule has 2 atom stereocenters. The first-order valence-electron chi connectivity index (χ1n) is 5.53. The maximum atomic E-state index is 9.77. The molecule has 78 valence electrons. The Bertz CT molecular complexity index is 130. The van der Waals surface area contributed by atoms with Gasteiger partial charge in [-0.15, -0.1) is 0 Å². The Kier molecular flexibility index (Phi) is 4.74. The first-order valence-corrected chi connectivity index (χ1v) is 5.53. The molecule has 0 bridgehead atoms. The van der Waals surface area contributed by atoms with Crippen LogP contribution in [0.5, 0.6) is 0 Å². The van der Waals surface area contributed by atoms with Crippen LogP contribution in [-0.2, 0) is 4.74 Å². The van der Waals surface area contributed by atoms with E-state index in [0.717, 1.165) is 6.42 Å². The lowest BCUT2D eigenvalue weighted by Gasteiger charge is -2.19. The van der Waals surface area contributed by atoms with Gasteiger partial charge in [-0.2, -0.15) is 0 Å². The Morgan fingerprint density at radius 3 is 2.54 bits per heavy atom. The Labute approximate surface area is 81.3 Å². The molecule has 0 aromatic carbocycles. The molecule has 0 aromatic rings. The number of aliphatic hydroxyl groups is 1. The lowest BCUT2D eigenvalue weighted by molar-refractivity contribution is -0.0250. The molecule has 2 unspecified atom stereocenters. The van der Waals surface area contributed by atoms with E-state index in [2.05, 4.69) is 13.8 Å². The Hall–Kier alpha value is -0.0800. The SMILES string of the molecule is CCC(C)OCC(O)C1CCCC1. The monoisotopic (exact) mass is 186 g/mol. The van der Waals surface area contributed by atoms with Crippen LogP contribution in [0.25, 0.3) is 0 Å². The third-order valence-corrected chi connectivity index (χ3v) is 3.07. The third-order valence-electron chi connectivity index (χ3n) is 3.07. The molecule has 0 aromatic heterocycles. The van der Waals surface area contributed by atoms with Crippen LogP contribution in [-0.4, -0.2) is 23.9 Å². The average molecular weight is 186 g/mol. The third kappa shape index (κ3) is 3.65. The van der Waals surface area contributed by atoms with Crippen LogP contribution in [0.15, 0.2) is 0 Å². The molecule has 13 heavy (non-hydrogen) atoms. The van der Waals surface area contributed by atoms with Crippen LogP contribution in [0.2, 0.25) is 0 Å². The van der Waals surface area contributed by atoms with Crippen LogP contribution >= 0.6 is 0 Å². The second kappa shape index (κ2) is 5.61. The van der Waals surface area contributed by atoms with Gasteiger partial charge in [-0.05, 0) is 32.1 Å². The van der Waals surface area contributed by atoms with Crippen molar-refractivity contribution >= 4 is 0 Å². The fourth-order valence-electron chi connectivity index (χ4n) is 1.86. The summed E-state index contributed by atoms with van der Waals surface area (Å²) in [5.41, 5.74) is 0. The smallest absolute Gasteiger partial charge is 0.0801 e. The van der Waals surface area contributed by atoms with Gasteiger partial charge >= 0.3 is 0 Å². The zero-order chi connectivity index (χ0) is 9.68. The van der Waals surface area contributed by atoms with Crippen LogP contribution in [0.3, 0.4) is 0 Å². The van der Waals surface area contributed by atoms with E-state index in [1.54, 1.807) is 0 Å². The Morgan fingerprint density at radius 1 is 1.38 bits per heavy atom. The molecule has 2 heteroatoms. The number of hydrogen-bond donors (Lipinski definition) is 1. The molecule has 1 aliphatic rings. The van der Waals surface area contributed by atoms with E-state index < -0.39 is 0 Å². The molecular formula is C11H22O2. The van der Waals surface area contributed by atoms with Crippen molar-refractivity contribution in [2.75, 3.05) is 6.61 Å². The predicted octanol–water partition coefficient (Wildman–Crippen LogP) is 2.35. The summed E-state index contributed by atoms with van der Waals surface area (Å²) in [5.74, 6) is 0.504. The minimum absolute atomic E-state index is 0.225. The number of ether oxygens (including phenoxy) is 1. The van der Waals surface area contributed by atoms with Crippen molar-refractivity contribution in [2.45, 2.75) is 58.2 Å². The minimum atomic E-state index is -0.225. The van der Waals surface area contributed by atoms with E-state index in [4.69, 9.17) is 4.74 Å². The van der Waals surface area contributed by atoms with E-state index in [1.807, 2.05) is 0 Å². The molecule has 0 radical (unpaired) electrons. The summed E-state index contributed by atoms with van der Waals surface area (Å²) in [4.78, 5) is 0. The van der Waals surface area contributed by atoms with Gasteiger partial charge in [0, 0.05) is 0 Å². The van der Waals surface area contributed by atoms with Gasteiger partial charge in [-0.25, -0.2) is 0 Å². The zero-order valence-electron chi connectivity index (χ0n) is 8.83. The highest BCUT2D eigenvalue weighted by Crippen LogP contribution is 2.27. The van der Waals surface area contributed by atoms with Gasteiger partial charge in [0.1, 0.15) is 0 Å². The highest BCUT2D eigenvalue weighted by molar-refractivity contribution is 4.74. The summed E-state index contributed by atoms with van der Waals surface area (Å²) in [6.45, 7) is 4.69. The highest BCUT2D eigenvalue weighted by atomic mass is 16.5. The summed E-state index contributed by atoms with van der Waals surface area (Å²) < 4.78 is 5.52. The zero-order valence-corrected chi connectivity index (χ0v) is 8.83. The van der Waals surface area contributed by atoms with Crippen molar-refractivity contribution in [1.29, 1.82) is 0 Å². The van der Waals surface area contributed by atoms with Crippen molar-refractivity contribution in [1.82, 2.24) is 0 Å². The maximum Gasteiger partial charge on any atom is 0.0801 e. The summed E-state index contributed by atoms with van der Waals surface area (Å²) in [6, 6.07) is 0. The number of rotatable bonds is 5. The molecule has 1 fully saturated rings. The molecular weight excluding hydrogens is 164 g/mol. The molecule has 0 heterocycles. The van der Waals surface area contributed by atoms with Crippen molar-refractivity contribution < 1.29 is 9.84 Å². The van der Waals surface area contributed by atoms with Crippen molar-refractivity contribution in [2.24, 2.45) is 5.92 Å². The molecule has 0 amide bonds. The number of hydrogen-bond acceptors (Lipinski definition) is 2. The summed E-state index contributed by atoms with van der Waals surface area (Å²) >= 11 is 0. The lowest BCUT2D eigenvalue weighted by Crippen LogP contribution is -2.26. The maximum absolute atomic E-state index is 9.77. The first kappa shape index (κ1) is 11.0. The fourth-order valence-corrected chi connectivity index (χ4v) is 1.86. The van der Waals surface area contributed by atoms with Gasteiger partial charge in [0.25, 0.3) is 0 Å². The van der Waals surface area contributed by atoms with Gasteiger partial charge in [0.2, 0.25) is 0 Å². The van der Waals surface area contributed by atoms with Crippen LogP contribution in [0.4, 0.5) is 0 Å². The van der Waals surface area contributed by atoms with Gasteiger partial charge in [0.05, 0.1) is 18.8 Å². The molecule has 0 aliphatic heterocycles. The van der Waals surface area contributed by atoms with E-state index in [0.29, 0.717) is 12.5 Å². The van der Waals surface area contributed by atoms with Gasteiger partial charge in [-0.1, -0.05) is 19.8 Å². The second-order valence-electron chi connectivity index (χ2n) is 4.16. The predicted molar refractivity (Wildman–Crippen MR) is 53.7 cm³/mol. The minimum Gasteiger partial charge on any atom is -0.390 e. The van der Waals surface area contributed by atoms with Crippen molar-refractivity contribution in [3.05, 3.63) is 0 Å². The topological polar surface area (TPSA) is 29.5 Å². The van der Waals surface area contributed by atoms with E-state index in [1.165, 1.54) is 25.7 Å². The van der Waals surface area contributed by atoms with Crippen LogP contribution in [0.1, 0.15) is 46.0 Å². The van der Waals surface area contributed by atoms with E-state index >= 15 is 0 Å². The molecule has 0 saturated heterocycles. The molecule has 1 rings (SSSR count). The molecule has 1 saturated carbocycles. The van der Waals surface area contributed by atoms with Crippen LogP contribution in [0, 0.1) is 5.92 Å². The van der Waals surface area contributed by atoms with E-state index in [-0.39, 0.29) is 12.2 Å². The fraction of sp³-hybridized carbons (Fsp3) is 1.00. The summed E-state index contributed by atoms with van der Waals surface area (Å²) in [5, 5.41) is 9.77. The van der Waals surface area contributed by atoms with Gasteiger partial charge in [0.15, 0.2) is 0 Å². The second-order valence-corrected chi connectivity index (χ2v) is 4.16. The van der Waals surface area contributed by atoms with Crippen molar-refractivity contribution in [3.63, 3.8) is 0 Å². The normalized spacial score (nSPS) is 23.3. The van der Waals surface area contributed by atoms with E-state index in [9.17, 15) is 5.11 Å². The Balaban J connectivity index is 2.12. The molecule has 0 spiro atoms. The molecule has 2 nitrogen and oxygen atoms in total. The highest BCUT2D eigenvalue weighted by Gasteiger charge is 2.23. The lowest BCUT2D eigenvalue weighted by atomic mass is 10.0. The van der Waals surface area contributed by atoms with Gasteiger partial charge in [-0.3, -0.25) is 0 Å². The number of aliphatic hydroxyl groups excluding tert-OH is 1. The van der Waals surface area contributed by atoms with Crippen molar-refractivity contribution in [3.8, 4) is 0 Å². The van der Waals surface area contributed by atoms with Crippen LogP contribution < -0.4 is 0 Å². The molecule has 1 N–H and O–H groups in total. The Morgan fingerprint density at radius 2 is 2.00 bits per heavy atom. The summed E-state index contributed by atoms with van der Waals surface area (Å²) in [6.07, 6.45) is 6.02. The largest absolute Gasteiger partial charge is 0.390 e.